The maximum atomic E-state index is 12.9. The first-order chi connectivity index (χ1) is 11.9. The molecule has 1 amide bonds. The number of rotatable bonds is 3. The number of hydrogen-bond donors (Lipinski definition) is 1. The lowest BCUT2D eigenvalue weighted by Crippen LogP contribution is -2.45. The Bertz CT molecular complexity index is 626. The van der Waals surface area contributed by atoms with Crippen LogP contribution in [0, 0.1) is 18.8 Å². The van der Waals surface area contributed by atoms with E-state index in [1.165, 1.54) is 32.4 Å². The molecule has 1 aromatic carbocycles. The second-order valence-electron chi connectivity index (χ2n) is 7.89. The molecule has 2 heterocycles. The van der Waals surface area contributed by atoms with Crippen molar-refractivity contribution < 1.29 is 9.90 Å². The van der Waals surface area contributed by atoms with E-state index < -0.39 is 0 Å². The zero-order chi connectivity index (χ0) is 18.0. The van der Waals surface area contributed by atoms with E-state index in [0.29, 0.717) is 16.0 Å². The molecule has 4 nitrogen and oxygen atoms in total. The number of nitrogens with zero attached hydrogens (tertiary/aromatic N) is 2. The van der Waals surface area contributed by atoms with Crippen molar-refractivity contribution in [1.82, 2.24) is 9.80 Å². The molecule has 0 radical (unpaired) electrons. The largest absolute Gasteiger partial charge is 0.506 e. The van der Waals surface area contributed by atoms with E-state index in [4.69, 9.17) is 0 Å². The van der Waals surface area contributed by atoms with Gasteiger partial charge >= 0.3 is 0 Å². The molecule has 1 unspecified atom stereocenters. The third-order valence-electron chi connectivity index (χ3n) is 5.64. The number of likely N-dealkylation sites (tertiary alicyclic amines) is 2. The van der Waals surface area contributed by atoms with Crippen LogP contribution in [0.2, 0.25) is 0 Å². The number of piperidine rings is 2. The molecule has 138 valence electrons. The molecule has 0 bridgehead atoms. The Kier molecular flexibility index (Phi) is 6.05. The molecule has 2 fully saturated rings. The third-order valence-corrected chi connectivity index (χ3v) is 6.24. The Labute approximate surface area is 159 Å². The zero-order valence-corrected chi connectivity index (χ0v) is 16.9. The molecule has 0 aliphatic carbocycles. The van der Waals surface area contributed by atoms with Crippen LogP contribution in [-0.2, 0) is 0 Å². The minimum absolute atomic E-state index is 0.0427. The summed E-state index contributed by atoms with van der Waals surface area (Å²) in [6, 6.07) is 3.63. The molecule has 1 atom stereocenters. The van der Waals surface area contributed by atoms with Gasteiger partial charge in [0, 0.05) is 19.6 Å². The van der Waals surface area contributed by atoms with Gasteiger partial charge in [-0.3, -0.25) is 4.79 Å². The van der Waals surface area contributed by atoms with Crippen LogP contribution in [0.3, 0.4) is 0 Å². The van der Waals surface area contributed by atoms with Crippen LogP contribution in [-0.4, -0.2) is 53.5 Å². The van der Waals surface area contributed by atoms with Gasteiger partial charge < -0.3 is 14.9 Å². The average molecular weight is 409 g/mol. The molecule has 1 aromatic rings. The van der Waals surface area contributed by atoms with E-state index in [-0.39, 0.29) is 11.7 Å². The number of aryl methyl sites for hydroxylation is 1. The molecular formula is C20H29BrN2O2. The van der Waals surface area contributed by atoms with Crippen LogP contribution < -0.4 is 0 Å². The highest BCUT2D eigenvalue weighted by molar-refractivity contribution is 9.10. The number of carbonyl (C=O) groups excluding carboxylic acids is 1. The van der Waals surface area contributed by atoms with Crippen molar-refractivity contribution >= 4 is 21.8 Å². The highest BCUT2D eigenvalue weighted by atomic mass is 79.9. The first-order valence-corrected chi connectivity index (χ1v) is 10.2. The normalized spacial score (nSPS) is 23.0. The van der Waals surface area contributed by atoms with Gasteiger partial charge in [-0.2, -0.15) is 0 Å². The highest BCUT2D eigenvalue weighted by Crippen LogP contribution is 2.31. The number of carbonyl (C=O) groups is 1. The standard InChI is InChI=1S/C20H29BrN2O2/c1-14-5-8-22(9-6-14)12-16-4-3-7-23(13-16)20(25)17-10-15(2)11-18(21)19(17)24/h10-11,14,16,24H,3-9,12-13H2,1-2H3. The molecule has 0 aromatic heterocycles. The first kappa shape index (κ1) is 18.7. The Balaban J connectivity index is 1.64. The SMILES string of the molecule is Cc1cc(Br)c(O)c(C(=O)N2CCCC(CN3CCC(C)CC3)C2)c1. The summed E-state index contributed by atoms with van der Waals surface area (Å²) in [5.41, 5.74) is 1.39. The minimum atomic E-state index is -0.0427. The third kappa shape index (κ3) is 4.56. The van der Waals surface area contributed by atoms with Crippen LogP contribution >= 0.6 is 15.9 Å². The topological polar surface area (TPSA) is 43.8 Å². The lowest BCUT2D eigenvalue weighted by Gasteiger charge is -2.38. The van der Waals surface area contributed by atoms with Crippen LogP contribution in [0.25, 0.3) is 0 Å². The number of amides is 1. The van der Waals surface area contributed by atoms with Gasteiger partial charge in [0.1, 0.15) is 5.75 Å². The summed E-state index contributed by atoms with van der Waals surface area (Å²) in [5, 5.41) is 10.3. The van der Waals surface area contributed by atoms with E-state index in [2.05, 4.69) is 27.8 Å². The smallest absolute Gasteiger partial charge is 0.257 e. The first-order valence-electron chi connectivity index (χ1n) is 9.44. The molecule has 1 N–H and O–H groups in total. The molecule has 3 rings (SSSR count). The fourth-order valence-corrected chi connectivity index (χ4v) is 4.65. The second kappa shape index (κ2) is 8.09. The quantitative estimate of drug-likeness (QED) is 0.819. The van der Waals surface area contributed by atoms with Crippen molar-refractivity contribution in [3.8, 4) is 5.75 Å². The Morgan fingerprint density at radius 1 is 1.24 bits per heavy atom. The fraction of sp³-hybridized carbons (Fsp3) is 0.650. The minimum Gasteiger partial charge on any atom is -0.506 e. The number of phenols is 1. The van der Waals surface area contributed by atoms with Gasteiger partial charge in [-0.1, -0.05) is 6.92 Å². The number of aromatic hydroxyl groups is 1. The Morgan fingerprint density at radius 3 is 2.68 bits per heavy atom. The van der Waals surface area contributed by atoms with Gasteiger partial charge in [-0.15, -0.1) is 0 Å². The monoisotopic (exact) mass is 408 g/mol. The van der Waals surface area contributed by atoms with E-state index in [1.807, 2.05) is 17.9 Å². The predicted molar refractivity (Wildman–Crippen MR) is 104 cm³/mol. The summed E-state index contributed by atoms with van der Waals surface area (Å²) in [5.74, 6) is 1.41. The van der Waals surface area contributed by atoms with Gasteiger partial charge in [-0.05, 0) is 91.2 Å². The van der Waals surface area contributed by atoms with Crippen LogP contribution in [0.1, 0.15) is 48.5 Å². The number of benzene rings is 1. The van der Waals surface area contributed by atoms with Crippen molar-refractivity contribution in [3.63, 3.8) is 0 Å². The second-order valence-corrected chi connectivity index (χ2v) is 8.74. The summed E-state index contributed by atoms with van der Waals surface area (Å²) >= 11 is 3.34. The van der Waals surface area contributed by atoms with E-state index in [1.54, 1.807) is 6.07 Å². The zero-order valence-electron chi connectivity index (χ0n) is 15.3. The number of hydrogen-bond acceptors (Lipinski definition) is 3. The summed E-state index contributed by atoms with van der Waals surface area (Å²) < 4.78 is 0.590. The molecule has 25 heavy (non-hydrogen) atoms. The number of halogens is 1. The van der Waals surface area contributed by atoms with Gasteiger partial charge in [0.25, 0.3) is 5.91 Å². The Hall–Kier alpha value is -1.07. The summed E-state index contributed by atoms with van der Waals surface area (Å²) in [4.78, 5) is 17.4. The Morgan fingerprint density at radius 2 is 1.96 bits per heavy atom. The molecule has 5 heteroatoms. The summed E-state index contributed by atoms with van der Waals surface area (Å²) in [6.07, 6.45) is 4.83. The van der Waals surface area contributed by atoms with E-state index in [0.717, 1.165) is 37.5 Å². The van der Waals surface area contributed by atoms with Gasteiger partial charge in [-0.25, -0.2) is 0 Å². The van der Waals surface area contributed by atoms with Crippen molar-refractivity contribution in [2.24, 2.45) is 11.8 Å². The van der Waals surface area contributed by atoms with Crippen molar-refractivity contribution in [2.45, 2.75) is 39.5 Å². The lowest BCUT2D eigenvalue weighted by atomic mass is 9.94. The van der Waals surface area contributed by atoms with Gasteiger partial charge in [0.2, 0.25) is 0 Å². The summed E-state index contributed by atoms with van der Waals surface area (Å²) in [6.45, 7) is 9.35. The van der Waals surface area contributed by atoms with E-state index >= 15 is 0 Å². The van der Waals surface area contributed by atoms with Crippen molar-refractivity contribution in [1.29, 1.82) is 0 Å². The average Bonchev–Trinajstić information content (AvgIpc) is 2.60. The highest BCUT2D eigenvalue weighted by Gasteiger charge is 2.28. The fourth-order valence-electron chi connectivity index (χ4n) is 4.08. The van der Waals surface area contributed by atoms with Crippen LogP contribution in [0.4, 0.5) is 0 Å². The van der Waals surface area contributed by atoms with E-state index in [9.17, 15) is 9.90 Å². The van der Waals surface area contributed by atoms with Gasteiger partial charge in [0.05, 0.1) is 10.0 Å². The molecule has 0 spiro atoms. The molecule has 2 aliphatic rings. The van der Waals surface area contributed by atoms with Crippen LogP contribution in [0.15, 0.2) is 16.6 Å². The summed E-state index contributed by atoms with van der Waals surface area (Å²) in [7, 11) is 0. The molecule has 2 aliphatic heterocycles. The maximum absolute atomic E-state index is 12.9. The molecular weight excluding hydrogens is 380 g/mol. The lowest BCUT2D eigenvalue weighted by molar-refractivity contribution is 0.0619. The van der Waals surface area contributed by atoms with Crippen molar-refractivity contribution in [3.05, 3.63) is 27.7 Å². The predicted octanol–water partition coefficient (Wildman–Crippen LogP) is 4.05. The van der Waals surface area contributed by atoms with Crippen LogP contribution in [0.5, 0.6) is 5.75 Å². The number of phenolic OH excluding ortho intramolecular Hbond substituents is 1. The maximum Gasteiger partial charge on any atom is 0.257 e. The van der Waals surface area contributed by atoms with Crippen molar-refractivity contribution in [2.75, 3.05) is 32.7 Å². The molecule has 2 saturated heterocycles. The molecule has 0 saturated carbocycles. The van der Waals surface area contributed by atoms with Gasteiger partial charge in [0.15, 0.2) is 0 Å².